The molecule has 122 valence electrons. The lowest BCUT2D eigenvalue weighted by atomic mass is 10.2. The van der Waals surface area contributed by atoms with Crippen molar-refractivity contribution in [3.05, 3.63) is 47.2 Å². The summed E-state index contributed by atoms with van der Waals surface area (Å²) in [4.78, 5) is 24.8. The minimum absolute atomic E-state index is 0.171. The molecule has 0 fully saturated rings. The van der Waals surface area contributed by atoms with Crippen LogP contribution in [0.1, 0.15) is 24.2 Å². The Morgan fingerprint density at radius 3 is 2.52 bits per heavy atom. The Kier molecular flexibility index (Phi) is 5.39. The molecule has 0 radical (unpaired) electrons. The van der Waals surface area contributed by atoms with E-state index in [0.29, 0.717) is 17.1 Å². The average molecular weight is 336 g/mol. The summed E-state index contributed by atoms with van der Waals surface area (Å²) < 4.78 is 1.55. The summed E-state index contributed by atoms with van der Waals surface area (Å²) in [6.07, 6.45) is 3.02. The van der Waals surface area contributed by atoms with E-state index in [0.717, 1.165) is 5.69 Å². The molecule has 0 aliphatic carbocycles. The minimum atomic E-state index is -1.04. The van der Waals surface area contributed by atoms with Crippen LogP contribution in [0.5, 0.6) is 0 Å². The summed E-state index contributed by atoms with van der Waals surface area (Å²) in [6, 6.07) is 7.03. The lowest BCUT2D eigenvalue weighted by molar-refractivity contribution is -0.137. The van der Waals surface area contributed by atoms with Gasteiger partial charge in [-0.15, -0.1) is 0 Å². The van der Waals surface area contributed by atoms with Crippen LogP contribution < -0.4 is 0 Å². The smallest absolute Gasteiger partial charge is 0.323 e. The van der Waals surface area contributed by atoms with Gasteiger partial charge < -0.3 is 10.0 Å². The summed E-state index contributed by atoms with van der Waals surface area (Å²) in [7, 11) is 0. The molecule has 1 heterocycles. The highest BCUT2D eigenvalue weighted by Gasteiger charge is 2.21. The minimum Gasteiger partial charge on any atom is -0.480 e. The number of nitrogens with zero attached hydrogens (tertiary/aromatic N) is 3. The molecule has 0 saturated carbocycles. The van der Waals surface area contributed by atoms with E-state index < -0.39 is 5.97 Å². The van der Waals surface area contributed by atoms with Crippen molar-refractivity contribution >= 4 is 23.5 Å². The van der Waals surface area contributed by atoms with Crippen molar-refractivity contribution in [1.82, 2.24) is 14.7 Å². The standard InChI is InChI=1S/C16H18ClN3O3/c1-11(2)8-19(10-15(21)22)16(23)12-7-18-20(9-12)14-5-3-13(17)4-6-14/h3-7,9,11H,8,10H2,1-2H3,(H,21,22). The summed E-state index contributed by atoms with van der Waals surface area (Å²) in [5.74, 6) is -1.21. The third kappa shape index (κ3) is 4.56. The van der Waals surface area contributed by atoms with Gasteiger partial charge in [0.05, 0.1) is 17.4 Å². The lowest BCUT2D eigenvalue weighted by Crippen LogP contribution is -2.38. The van der Waals surface area contributed by atoms with Crippen LogP contribution in [-0.2, 0) is 4.79 Å². The number of aliphatic carboxylic acids is 1. The van der Waals surface area contributed by atoms with Crippen LogP contribution in [0.3, 0.4) is 0 Å². The van der Waals surface area contributed by atoms with Crippen LogP contribution in [0.2, 0.25) is 5.02 Å². The fraction of sp³-hybridized carbons (Fsp3) is 0.312. The highest BCUT2D eigenvalue weighted by molar-refractivity contribution is 6.30. The maximum atomic E-state index is 12.5. The zero-order chi connectivity index (χ0) is 17.0. The average Bonchev–Trinajstić information content (AvgIpc) is 2.95. The molecule has 23 heavy (non-hydrogen) atoms. The molecular formula is C16H18ClN3O3. The monoisotopic (exact) mass is 335 g/mol. The van der Waals surface area contributed by atoms with Gasteiger partial charge in [0.15, 0.2) is 0 Å². The Morgan fingerprint density at radius 2 is 1.96 bits per heavy atom. The van der Waals surface area contributed by atoms with Gasteiger partial charge in [-0.1, -0.05) is 25.4 Å². The number of halogens is 1. The summed E-state index contributed by atoms with van der Waals surface area (Å²) in [5, 5.41) is 13.7. The van der Waals surface area contributed by atoms with E-state index in [4.69, 9.17) is 16.7 Å². The first kappa shape index (κ1) is 17.0. The van der Waals surface area contributed by atoms with Crippen LogP contribution in [0.4, 0.5) is 0 Å². The highest BCUT2D eigenvalue weighted by Crippen LogP contribution is 2.14. The summed E-state index contributed by atoms with van der Waals surface area (Å²) in [5.41, 5.74) is 1.11. The van der Waals surface area contributed by atoms with Crippen molar-refractivity contribution in [3.63, 3.8) is 0 Å². The largest absolute Gasteiger partial charge is 0.480 e. The van der Waals surface area contributed by atoms with E-state index in [-0.39, 0.29) is 18.4 Å². The van der Waals surface area contributed by atoms with Gasteiger partial charge >= 0.3 is 5.97 Å². The molecule has 0 unspecified atom stereocenters. The fourth-order valence-electron chi connectivity index (χ4n) is 2.17. The number of carboxylic acid groups (broad SMARTS) is 1. The molecule has 7 heteroatoms. The molecule has 0 bridgehead atoms. The van der Waals surface area contributed by atoms with Crippen LogP contribution in [0.15, 0.2) is 36.7 Å². The maximum absolute atomic E-state index is 12.5. The van der Waals surface area contributed by atoms with Gasteiger partial charge in [-0.25, -0.2) is 4.68 Å². The molecule has 0 saturated heterocycles. The van der Waals surface area contributed by atoms with Crippen molar-refractivity contribution in [2.45, 2.75) is 13.8 Å². The van der Waals surface area contributed by atoms with E-state index in [1.807, 2.05) is 13.8 Å². The van der Waals surface area contributed by atoms with Crippen molar-refractivity contribution in [3.8, 4) is 5.69 Å². The van der Waals surface area contributed by atoms with Gasteiger partial charge in [0.2, 0.25) is 0 Å². The number of hydrogen-bond acceptors (Lipinski definition) is 3. The molecule has 0 atom stereocenters. The highest BCUT2D eigenvalue weighted by atomic mass is 35.5. The van der Waals surface area contributed by atoms with Crippen LogP contribution in [0.25, 0.3) is 5.69 Å². The second-order valence-corrected chi connectivity index (χ2v) is 6.06. The SMILES string of the molecule is CC(C)CN(CC(=O)O)C(=O)c1cnn(-c2ccc(Cl)cc2)c1. The predicted octanol–water partition coefficient (Wildman–Crippen LogP) is 2.71. The summed E-state index contributed by atoms with van der Waals surface area (Å²) >= 11 is 5.85. The number of amides is 1. The molecule has 1 aromatic heterocycles. The molecule has 2 rings (SSSR count). The van der Waals surface area contributed by atoms with Crippen molar-refractivity contribution in [2.24, 2.45) is 5.92 Å². The third-order valence-electron chi connectivity index (χ3n) is 3.12. The second-order valence-electron chi connectivity index (χ2n) is 5.62. The van der Waals surface area contributed by atoms with E-state index in [1.165, 1.54) is 11.1 Å². The van der Waals surface area contributed by atoms with Gasteiger partial charge in [0.1, 0.15) is 6.54 Å². The van der Waals surface area contributed by atoms with E-state index >= 15 is 0 Å². The molecule has 0 aliphatic rings. The van der Waals surface area contributed by atoms with Crippen molar-refractivity contribution in [1.29, 1.82) is 0 Å². The van der Waals surface area contributed by atoms with Gasteiger partial charge in [-0.3, -0.25) is 9.59 Å². The Balaban J connectivity index is 2.21. The predicted molar refractivity (Wildman–Crippen MR) is 87.0 cm³/mol. The molecule has 0 aliphatic heterocycles. The zero-order valence-corrected chi connectivity index (χ0v) is 13.7. The molecule has 6 nitrogen and oxygen atoms in total. The topological polar surface area (TPSA) is 75.4 Å². The van der Waals surface area contributed by atoms with Crippen molar-refractivity contribution < 1.29 is 14.7 Å². The van der Waals surface area contributed by atoms with Crippen molar-refractivity contribution in [2.75, 3.05) is 13.1 Å². The Morgan fingerprint density at radius 1 is 1.30 bits per heavy atom. The van der Waals surface area contributed by atoms with Crippen LogP contribution >= 0.6 is 11.6 Å². The van der Waals surface area contributed by atoms with Gasteiger partial charge in [0.25, 0.3) is 5.91 Å². The number of benzene rings is 1. The van der Waals surface area contributed by atoms with Crippen LogP contribution in [-0.4, -0.2) is 44.8 Å². The maximum Gasteiger partial charge on any atom is 0.323 e. The molecule has 1 N–H and O–H groups in total. The van der Waals surface area contributed by atoms with E-state index in [1.54, 1.807) is 35.1 Å². The Labute approximate surface area is 139 Å². The Bertz CT molecular complexity index is 695. The number of rotatable bonds is 6. The second kappa shape index (κ2) is 7.28. The first-order chi connectivity index (χ1) is 10.9. The van der Waals surface area contributed by atoms with Crippen LogP contribution in [0, 0.1) is 5.92 Å². The molecule has 2 aromatic rings. The first-order valence-corrected chi connectivity index (χ1v) is 7.56. The molecule has 1 aromatic carbocycles. The quantitative estimate of drug-likeness (QED) is 0.880. The van der Waals surface area contributed by atoms with Gasteiger partial charge in [0, 0.05) is 17.8 Å². The number of carbonyl (C=O) groups is 2. The Hall–Kier alpha value is -2.34. The number of carboxylic acids is 1. The number of aromatic nitrogens is 2. The van der Waals surface area contributed by atoms with Gasteiger partial charge in [-0.2, -0.15) is 5.10 Å². The molecule has 0 spiro atoms. The third-order valence-corrected chi connectivity index (χ3v) is 3.37. The fourth-order valence-corrected chi connectivity index (χ4v) is 2.30. The number of carbonyl (C=O) groups excluding carboxylic acids is 1. The normalized spacial score (nSPS) is 10.8. The molecule has 1 amide bonds. The van der Waals surface area contributed by atoms with E-state index in [9.17, 15) is 9.59 Å². The first-order valence-electron chi connectivity index (χ1n) is 7.18. The zero-order valence-electron chi connectivity index (χ0n) is 12.9. The lowest BCUT2D eigenvalue weighted by Gasteiger charge is -2.21. The molecular weight excluding hydrogens is 318 g/mol. The van der Waals surface area contributed by atoms with E-state index in [2.05, 4.69) is 5.10 Å². The summed E-state index contributed by atoms with van der Waals surface area (Å²) in [6.45, 7) is 3.90. The van der Waals surface area contributed by atoms with Gasteiger partial charge in [-0.05, 0) is 30.2 Å². The number of hydrogen-bond donors (Lipinski definition) is 1.